The molecule has 0 bridgehead atoms. The fourth-order valence-electron chi connectivity index (χ4n) is 2.50. The van der Waals surface area contributed by atoms with Gasteiger partial charge in [0.15, 0.2) is 11.4 Å². The number of hydrogen-bond acceptors (Lipinski definition) is 3. The average Bonchev–Trinajstić information content (AvgIpc) is 2.55. The van der Waals surface area contributed by atoms with Crippen LogP contribution in [0.15, 0.2) is 24.0 Å². The Balaban J connectivity index is 2.30. The standard InChI is InChI=1S/C13H18O3/c1-3-15-11-9-10-7-5-6-8-13(10,12(11)14)16-4-2/h6,8-10H,3-5,7H2,1-2H3/t10-,13+/m0/s1. The Labute approximate surface area is 96.1 Å². The van der Waals surface area contributed by atoms with Crippen LogP contribution >= 0.6 is 0 Å². The van der Waals surface area contributed by atoms with E-state index in [1.54, 1.807) is 0 Å². The summed E-state index contributed by atoms with van der Waals surface area (Å²) in [5, 5.41) is 0. The van der Waals surface area contributed by atoms with Crippen LogP contribution in [0, 0.1) is 5.92 Å². The van der Waals surface area contributed by atoms with E-state index in [-0.39, 0.29) is 11.7 Å². The Morgan fingerprint density at radius 1 is 1.44 bits per heavy atom. The van der Waals surface area contributed by atoms with E-state index in [1.807, 2.05) is 32.1 Å². The molecular formula is C13H18O3. The maximum Gasteiger partial charge on any atom is 0.233 e. The fraction of sp³-hybridized carbons (Fsp3) is 0.615. The number of fused-ring (bicyclic) bond motifs is 1. The van der Waals surface area contributed by atoms with Crippen LogP contribution in [-0.4, -0.2) is 24.6 Å². The second-order valence-corrected chi connectivity index (χ2v) is 4.11. The normalized spacial score (nSPS) is 32.5. The molecule has 0 aromatic rings. The third kappa shape index (κ3) is 1.59. The highest BCUT2D eigenvalue weighted by Crippen LogP contribution is 2.41. The van der Waals surface area contributed by atoms with Gasteiger partial charge in [0.1, 0.15) is 0 Å². The van der Waals surface area contributed by atoms with Crippen molar-refractivity contribution in [2.75, 3.05) is 13.2 Å². The molecule has 0 aliphatic heterocycles. The van der Waals surface area contributed by atoms with Crippen molar-refractivity contribution in [3.63, 3.8) is 0 Å². The van der Waals surface area contributed by atoms with E-state index >= 15 is 0 Å². The first-order valence-electron chi connectivity index (χ1n) is 5.95. The Morgan fingerprint density at radius 2 is 2.25 bits per heavy atom. The van der Waals surface area contributed by atoms with Gasteiger partial charge in [0.25, 0.3) is 0 Å². The maximum absolute atomic E-state index is 12.3. The zero-order valence-electron chi connectivity index (χ0n) is 9.86. The number of allylic oxidation sites excluding steroid dienone is 1. The third-order valence-electron chi connectivity index (χ3n) is 3.17. The van der Waals surface area contributed by atoms with Gasteiger partial charge in [-0.1, -0.05) is 6.08 Å². The number of carbonyl (C=O) groups excluding carboxylic acids is 1. The smallest absolute Gasteiger partial charge is 0.233 e. The maximum atomic E-state index is 12.3. The molecule has 0 N–H and O–H groups in total. The molecule has 2 aliphatic carbocycles. The molecule has 0 radical (unpaired) electrons. The molecule has 0 amide bonds. The number of hydrogen-bond donors (Lipinski definition) is 0. The molecule has 0 heterocycles. The molecule has 2 aliphatic rings. The van der Waals surface area contributed by atoms with Gasteiger partial charge in [0.05, 0.1) is 6.61 Å². The van der Waals surface area contributed by atoms with Gasteiger partial charge in [0.2, 0.25) is 5.78 Å². The van der Waals surface area contributed by atoms with Crippen LogP contribution in [0.1, 0.15) is 26.7 Å². The molecule has 3 nitrogen and oxygen atoms in total. The lowest BCUT2D eigenvalue weighted by atomic mass is 9.81. The minimum atomic E-state index is -0.766. The minimum Gasteiger partial charge on any atom is -0.490 e. The molecule has 2 rings (SSSR count). The first kappa shape index (κ1) is 11.4. The zero-order chi connectivity index (χ0) is 11.6. The van der Waals surface area contributed by atoms with E-state index in [2.05, 4.69) is 0 Å². The largest absolute Gasteiger partial charge is 0.490 e. The predicted molar refractivity (Wildman–Crippen MR) is 60.9 cm³/mol. The molecule has 0 aromatic carbocycles. The molecule has 88 valence electrons. The second-order valence-electron chi connectivity index (χ2n) is 4.11. The van der Waals surface area contributed by atoms with Gasteiger partial charge >= 0.3 is 0 Å². The average molecular weight is 222 g/mol. The van der Waals surface area contributed by atoms with E-state index in [9.17, 15) is 4.79 Å². The second kappa shape index (κ2) is 4.42. The van der Waals surface area contributed by atoms with Gasteiger partial charge in [-0.2, -0.15) is 0 Å². The van der Waals surface area contributed by atoms with Crippen LogP contribution in [0.4, 0.5) is 0 Å². The SMILES string of the molecule is CCOC1=C[C@@H]2CCC=C[C@]2(OCC)C1=O. The summed E-state index contributed by atoms with van der Waals surface area (Å²) in [4.78, 5) is 12.3. The first-order valence-corrected chi connectivity index (χ1v) is 5.95. The minimum absolute atomic E-state index is 0.0165. The van der Waals surface area contributed by atoms with E-state index < -0.39 is 5.60 Å². The van der Waals surface area contributed by atoms with Crippen molar-refractivity contribution in [1.29, 1.82) is 0 Å². The van der Waals surface area contributed by atoms with Crippen molar-refractivity contribution >= 4 is 5.78 Å². The molecule has 2 atom stereocenters. The van der Waals surface area contributed by atoms with Crippen LogP contribution in [0.2, 0.25) is 0 Å². The van der Waals surface area contributed by atoms with Crippen LogP contribution in [0.25, 0.3) is 0 Å². The van der Waals surface area contributed by atoms with Crippen molar-refractivity contribution in [1.82, 2.24) is 0 Å². The van der Waals surface area contributed by atoms with Crippen LogP contribution < -0.4 is 0 Å². The van der Waals surface area contributed by atoms with Gasteiger partial charge < -0.3 is 9.47 Å². The summed E-state index contributed by atoms with van der Waals surface area (Å²) in [7, 11) is 0. The highest BCUT2D eigenvalue weighted by molar-refractivity contribution is 6.05. The molecule has 0 saturated heterocycles. The molecule has 3 heteroatoms. The summed E-state index contributed by atoms with van der Waals surface area (Å²) in [5.41, 5.74) is -0.766. The highest BCUT2D eigenvalue weighted by atomic mass is 16.5. The summed E-state index contributed by atoms with van der Waals surface area (Å²) < 4.78 is 11.1. The van der Waals surface area contributed by atoms with Crippen molar-refractivity contribution < 1.29 is 14.3 Å². The zero-order valence-corrected chi connectivity index (χ0v) is 9.86. The summed E-state index contributed by atoms with van der Waals surface area (Å²) >= 11 is 0. The number of rotatable bonds is 4. The topological polar surface area (TPSA) is 35.5 Å². The Morgan fingerprint density at radius 3 is 2.94 bits per heavy atom. The number of Topliss-reactive ketones (excluding diaryl/α,β-unsaturated/α-hetero) is 1. The summed E-state index contributed by atoms with van der Waals surface area (Å²) in [5.74, 6) is 0.608. The predicted octanol–water partition coefficient (Wildman–Crippen LogP) is 2.23. The molecule has 0 unspecified atom stereocenters. The summed E-state index contributed by atoms with van der Waals surface area (Å²) in [6.45, 7) is 4.87. The molecule has 0 spiro atoms. The number of ether oxygens (including phenoxy) is 2. The summed E-state index contributed by atoms with van der Waals surface area (Å²) in [6, 6.07) is 0. The van der Waals surface area contributed by atoms with Crippen molar-refractivity contribution in [3.8, 4) is 0 Å². The van der Waals surface area contributed by atoms with E-state index in [4.69, 9.17) is 9.47 Å². The summed E-state index contributed by atoms with van der Waals surface area (Å²) in [6.07, 6.45) is 7.84. The Kier molecular flexibility index (Phi) is 3.15. The van der Waals surface area contributed by atoms with E-state index in [0.29, 0.717) is 19.0 Å². The molecule has 0 saturated carbocycles. The molecule has 0 aromatic heterocycles. The van der Waals surface area contributed by atoms with Crippen molar-refractivity contribution in [3.05, 3.63) is 24.0 Å². The monoisotopic (exact) mass is 222 g/mol. The molecule has 0 fully saturated rings. The van der Waals surface area contributed by atoms with Crippen LogP contribution in [-0.2, 0) is 14.3 Å². The fourth-order valence-corrected chi connectivity index (χ4v) is 2.50. The van der Waals surface area contributed by atoms with Crippen LogP contribution in [0.5, 0.6) is 0 Å². The Bertz CT molecular complexity index is 343. The van der Waals surface area contributed by atoms with Gasteiger partial charge in [-0.25, -0.2) is 0 Å². The number of carbonyl (C=O) groups is 1. The van der Waals surface area contributed by atoms with Crippen molar-refractivity contribution in [2.45, 2.75) is 32.3 Å². The lowest BCUT2D eigenvalue weighted by molar-refractivity contribution is -0.139. The van der Waals surface area contributed by atoms with E-state index in [0.717, 1.165) is 12.8 Å². The van der Waals surface area contributed by atoms with Gasteiger partial charge in [0, 0.05) is 12.5 Å². The molecular weight excluding hydrogens is 204 g/mol. The number of ketones is 1. The highest BCUT2D eigenvalue weighted by Gasteiger charge is 2.51. The van der Waals surface area contributed by atoms with Gasteiger partial charge in [-0.3, -0.25) is 4.79 Å². The van der Waals surface area contributed by atoms with Gasteiger partial charge in [-0.05, 0) is 38.8 Å². The lowest BCUT2D eigenvalue weighted by Crippen LogP contribution is -2.44. The third-order valence-corrected chi connectivity index (χ3v) is 3.17. The van der Waals surface area contributed by atoms with Crippen LogP contribution in [0.3, 0.4) is 0 Å². The van der Waals surface area contributed by atoms with Crippen molar-refractivity contribution in [2.24, 2.45) is 5.92 Å². The lowest BCUT2D eigenvalue weighted by Gasteiger charge is -2.33. The van der Waals surface area contributed by atoms with Gasteiger partial charge in [-0.15, -0.1) is 0 Å². The van der Waals surface area contributed by atoms with E-state index in [1.165, 1.54) is 0 Å². The molecule has 16 heavy (non-hydrogen) atoms. The first-order chi connectivity index (χ1) is 7.74. The Hall–Kier alpha value is -1.09. The quantitative estimate of drug-likeness (QED) is 0.684.